The van der Waals surface area contributed by atoms with E-state index >= 15 is 0 Å². The SMILES string of the molecule is CC1=C(N2C(c3ccc(OC4CN(CCCF)C4)cc3)c3[nH]c4ccccc4c3C[C@H]2C)CC1. The van der Waals surface area contributed by atoms with E-state index in [2.05, 4.69) is 77.2 Å². The van der Waals surface area contributed by atoms with Crippen LogP contribution in [0, 0.1) is 0 Å². The highest BCUT2D eigenvalue weighted by Gasteiger charge is 2.38. The minimum atomic E-state index is -0.241. The second-order valence-electron chi connectivity index (χ2n) is 10.3. The van der Waals surface area contributed by atoms with E-state index in [0.29, 0.717) is 12.5 Å². The number of likely N-dealkylation sites (tertiary alicyclic amines) is 1. The molecule has 6 rings (SSSR count). The Kier molecular flexibility index (Phi) is 5.60. The molecule has 5 heteroatoms. The summed E-state index contributed by atoms with van der Waals surface area (Å²) in [6.45, 7) is 7.03. The van der Waals surface area contributed by atoms with Crippen LogP contribution in [-0.2, 0) is 6.42 Å². The Morgan fingerprint density at radius 1 is 1.06 bits per heavy atom. The molecule has 3 heterocycles. The molecule has 0 amide bonds. The van der Waals surface area contributed by atoms with Crippen molar-refractivity contribution in [2.75, 3.05) is 26.3 Å². The third-order valence-corrected chi connectivity index (χ3v) is 7.94. The molecule has 0 radical (unpaired) electrons. The number of nitrogens with one attached hydrogen (secondary N) is 1. The number of halogens is 1. The van der Waals surface area contributed by atoms with Crippen molar-refractivity contribution in [1.82, 2.24) is 14.8 Å². The lowest BCUT2D eigenvalue weighted by Gasteiger charge is -2.47. The zero-order valence-corrected chi connectivity index (χ0v) is 20.2. The van der Waals surface area contributed by atoms with E-state index < -0.39 is 0 Å². The molecule has 4 nitrogen and oxygen atoms in total. The highest BCUT2D eigenvalue weighted by Crippen LogP contribution is 2.46. The van der Waals surface area contributed by atoms with Gasteiger partial charge in [-0.15, -0.1) is 0 Å². The molecule has 1 fully saturated rings. The first-order chi connectivity index (χ1) is 16.6. The van der Waals surface area contributed by atoms with Crippen molar-refractivity contribution >= 4 is 10.9 Å². The predicted molar refractivity (Wildman–Crippen MR) is 135 cm³/mol. The Labute approximate surface area is 201 Å². The van der Waals surface area contributed by atoms with E-state index in [1.165, 1.54) is 51.8 Å². The summed E-state index contributed by atoms with van der Waals surface area (Å²) in [5.74, 6) is 0.921. The van der Waals surface area contributed by atoms with Crippen LogP contribution in [0.1, 0.15) is 56.0 Å². The molecule has 3 aliphatic rings. The summed E-state index contributed by atoms with van der Waals surface area (Å²) < 4.78 is 18.6. The molecule has 2 aromatic carbocycles. The number of para-hydroxylation sites is 1. The molecule has 1 saturated heterocycles. The number of benzene rings is 2. The van der Waals surface area contributed by atoms with Crippen LogP contribution < -0.4 is 4.74 Å². The fraction of sp³-hybridized carbons (Fsp3) is 0.448. The number of rotatable bonds is 7. The second-order valence-corrected chi connectivity index (χ2v) is 10.3. The van der Waals surface area contributed by atoms with Gasteiger partial charge in [-0.1, -0.05) is 35.9 Å². The third kappa shape index (κ3) is 3.70. The Balaban J connectivity index is 1.29. The summed E-state index contributed by atoms with van der Waals surface area (Å²) in [5.41, 5.74) is 8.38. The van der Waals surface area contributed by atoms with Crippen LogP contribution in [0.3, 0.4) is 0 Å². The molecule has 0 spiro atoms. The lowest BCUT2D eigenvalue weighted by atomic mass is 9.84. The molecule has 2 atom stereocenters. The van der Waals surface area contributed by atoms with Crippen LogP contribution in [0.15, 0.2) is 59.8 Å². The molecule has 1 N–H and O–H groups in total. The van der Waals surface area contributed by atoms with E-state index in [1.54, 1.807) is 0 Å². The standard InChI is InChI=1S/C29H34FN3O/c1-19-8-13-27(19)33-20(2)16-25-24-6-3-4-7-26(24)31-28(25)29(33)21-9-11-22(12-10-21)34-23-17-32(18-23)15-5-14-30/h3-4,6-7,9-12,20,23,29,31H,5,8,13-18H2,1-2H3/t20-,29?/m1/s1. The van der Waals surface area contributed by atoms with Gasteiger partial charge in [-0.3, -0.25) is 9.29 Å². The van der Waals surface area contributed by atoms with Gasteiger partial charge in [0.25, 0.3) is 0 Å². The number of aromatic amines is 1. The third-order valence-electron chi connectivity index (χ3n) is 7.94. The number of H-pyrrole nitrogens is 1. The monoisotopic (exact) mass is 459 g/mol. The normalized spacial score (nSPS) is 23.1. The zero-order valence-electron chi connectivity index (χ0n) is 20.2. The summed E-state index contributed by atoms with van der Waals surface area (Å²) in [6, 6.07) is 18.1. The second kappa shape index (κ2) is 8.77. The smallest absolute Gasteiger partial charge is 0.124 e. The molecular formula is C29H34FN3O. The average molecular weight is 460 g/mol. The van der Waals surface area contributed by atoms with Crippen LogP contribution in [0.5, 0.6) is 5.75 Å². The van der Waals surface area contributed by atoms with Gasteiger partial charge in [0, 0.05) is 48.0 Å². The summed E-state index contributed by atoms with van der Waals surface area (Å²) in [7, 11) is 0. The maximum Gasteiger partial charge on any atom is 0.124 e. The van der Waals surface area contributed by atoms with E-state index in [0.717, 1.165) is 31.8 Å². The van der Waals surface area contributed by atoms with Crippen LogP contribution in [-0.4, -0.2) is 53.2 Å². The van der Waals surface area contributed by atoms with Crippen LogP contribution in [0.2, 0.25) is 0 Å². The van der Waals surface area contributed by atoms with E-state index in [4.69, 9.17) is 4.74 Å². The van der Waals surface area contributed by atoms with Crippen molar-refractivity contribution in [3.63, 3.8) is 0 Å². The lowest BCUT2D eigenvalue weighted by Crippen LogP contribution is -2.53. The zero-order chi connectivity index (χ0) is 23.2. The summed E-state index contributed by atoms with van der Waals surface area (Å²) in [5, 5.41) is 1.36. The van der Waals surface area contributed by atoms with Crippen molar-refractivity contribution in [2.45, 2.75) is 57.7 Å². The van der Waals surface area contributed by atoms with Crippen LogP contribution in [0.25, 0.3) is 10.9 Å². The van der Waals surface area contributed by atoms with E-state index in [1.807, 2.05) is 0 Å². The average Bonchev–Trinajstić information content (AvgIpc) is 3.18. The van der Waals surface area contributed by atoms with Crippen molar-refractivity contribution in [3.05, 3.63) is 76.6 Å². The number of alkyl halides is 1. The van der Waals surface area contributed by atoms with E-state index in [9.17, 15) is 4.39 Å². The highest BCUT2D eigenvalue weighted by molar-refractivity contribution is 5.85. The molecule has 1 aliphatic carbocycles. The van der Waals surface area contributed by atoms with Crippen molar-refractivity contribution in [3.8, 4) is 5.75 Å². The van der Waals surface area contributed by atoms with Crippen molar-refractivity contribution in [1.29, 1.82) is 0 Å². The highest BCUT2D eigenvalue weighted by atomic mass is 19.1. The molecule has 1 aromatic heterocycles. The Morgan fingerprint density at radius 3 is 2.56 bits per heavy atom. The first kappa shape index (κ1) is 21.7. The first-order valence-corrected chi connectivity index (χ1v) is 12.7. The Bertz CT molecular complexity index is 1210. The molecule has 2 aliphatic heterocycles. The van der Waals surface area contributed by atoms with Gasteiger partial charge in [0.1, 0.15) is 11.9 Å². The van der Waals surface area contributed by atoms with Crippen LogP contribution >= 0.6 is 0 Å². The van der Waals surface area contributed by atoms with E-state index in [-0.39, 0.29) is 18.8 Å². The number of hydrogen-bond acceptors (Lipinski definition) is 3. The Morgan fingerprint density at radius 2 is 1.85 bits per heavy atom. The van der Waals surface area contributed by atoms with Crippen LogP contribution in [0.4, 0.5) is 4.39 Å². The van der Waals surface area contributed by atoms with Gasteiger partial charge in [0.15, 0.2) is 0 Å². The quantitative estimate of drug-likeness (QED) is 0.471. The van der Waals surface area contributed by atoms with Gasteiger partial charge >= 0.3 is 0 Å². The molecular weight excluding hydrogens is 425 g/mol. The van der Waals surface area contributed by atoms with Gasteiger partial charge in [0.2, 0.25) is 0 Å². The summed E-state index contributed by atoms with van der Waals surface area (Å²) >= 11 is 0. The van der Waals surface area contributed by atoms with Crippen molar-refractivity contribution < 1.29 is 9.13 Å². The predicted octanol–water partition coefficient (Wildman–Crippen LogP) is 5.99. The maximum atomic E-state index is 12.4. The van der Waals surface area contributed by atoms with Crippen molar-refractivity contribution in [2.24, 2.45) is 0 Å². The summed E-state index contributed by atoms with van der Waals surface area (Å²) in [6.07, 6.45) is 4.27. The lowest BCUT2D eigenvalue weighted by molar-refractivity contribution is 0.0184. The molecule has 0 saturated carbocycles. The fourth-order valence-electron chi connectivity index (χ4n) is 6.03. The maximum absolute atomic E-state index is 12.4. The number of allylic oxidation sites excluding steroid dienone is 2. The number of nitrogens with zero attached hydrogens (tertiary/aromatic N) is 2. The van der Waals surface area contributed by atoms with Gasteiger partial charge in [-0.25, -0.2) is 0 Å². The fourth-order valence-corrected chi connectivity index (χ4v) is 6.03. The molecule has 3 aromatic rings. The number of aromatic nitrogens is 1. The minimum absolute atomic E-state index is 0.186. The molecule has 1 unspecified atom stereocenters. The number of fused-ring (bicyclic) bond motifs is 3. The van der Waals surface area contributed by atoms with Gasteiger partial charge in [-0.2, -0.15) is 0 Å². The van der Waals surface area contributed by atoms with Gasteiger partial charge < -0.3 is 14.6 Å². The number of ether oxygens (including phenoxy) is 1. The Hall–Kier alpha value is -2.79. The van der Waals surface area contributed by atoms with Gasteiger partial charge in [0.05, 0.1) is 12.7 Å². The first-order valence-electron chi connectivity index (χ1n) is 12.7. The summed E-state index contributed by atoms with van der Waals surface area (Å²) in [4.78, 5) is 8.72. The minimum Gasteiger partial charge on any atom is -0.488 e. The molecule has 178 valence electrons. The molecule has 34 heavy (non-hydrogen) atoms. The topological polar surface area (TPSA) is 31.5 Å². The molecule has 0 bridgehead atoms. The van der Waals surface area contributed by atoms with Gasteiger partial charge in [-0.05, 0) is 68.9 Å². The largest absolute Gasteiger partial charge is 0.488 e. The number of hydrogen-bond donors (Lipinski definition) is 1.